The molecule has 2 aromatic carbocycles. The third kappa shape index (κ3) is 5.10. The molecule has 37 heavy (non-hydrogen) atoms. The minimum absolute atomic E-state index is 0.232. The first-order valence-electron chi connectivity index (χ1n) is 11.7. The summed E-state index contributed by atoms with van der Waals surface area (Å²) in [5, 5.41) is 0. The normalized spacial score (nSPS) is 14.8. The highest BCUT2D eigenvalue weighted by atomic mass is 32.1. The van der Waals surface area contributed by atoms with E-state index in [-0.39, 0.29) is 11.1 Å². The number of aromatic nitrogens is 1. The van der Waals surface area contributed by atoms with Gasteiger partial charge in [0.2, 0.25) is 0 Å². The topological polar surface area (TPSA) is 97.6 Å². The number of ether oxygens (including phenoxy) is 5. The van der Waals surface area contributed by atoms with Gasteiger partial charge in [0.05, 0.1) is 50.7 Å². The molecule has 3 aromatic rings. The number of benzene rings is 2. The lowest BCUT2D eigenvalue weighted by atomic mass is 9.97. The van der Waals surface area contributed by atoms with Gasteiger partial charge in [0, 0.05) is 17.8 Å². The largest absolute Gasteiger partial charge is 0.497 e. The molecule has 1 aromatic heterocycles. The van der Waals surface area contributed by atoms with Crippen molar-refractivity contribution >= 4 is 23.4 Å². The summed E-state index contributed by atoms with van der Waals surface area (Å²) >= 11 is 1.22. The van der Waals surface area contributed by atoms with Crippen LogP contribution in [0.3, 0.4) is 0 Å². The predicted molar refractivity (Wildman–Crippen MR) is 139 cm³/mol. The molecule has 0 radical (unpaired) electrons. The molecule has 9 nitrogen and oxygen atoms in total. The molecule has 0 N–H and O–H groups in total. The van der Waals surface area contributed by atoms with Crippen LogP contribution in [0.1, 0.15) is 31.0 Å². The minimum atomic E-state index is -0.765. The molecule has 0 bridgehead atoms. The maximum atomic E-state index is 13.7. The van der Waals surface area contributed by atoms with Crippen molar-refractivity contribution in [1.82, 2.24) is 4.57 Å². The van der Waals surface area contributed by atoms with E-state index in [9.17, 15) is 9.59 Å². The summed E-state index contributed by atoms with van der Waals surface area (Å²) in [5.74, 6) is 1.72. The Morgan fingerprint density at radius 1 is 1.00 bits per heavy atom. The quantitative estimate of drug-likeness (QED) is 0.397. The molecule has 2 heterocycles. The van der Waals surface area contributed by atoms with E-state index in [1.807, 2.05) is 26.0 Å². The van der Waals surface area contributed by atoms with Gasteiger partial charge in [-0.15, -0.1) is 0 Å². The van der Waals surface area contributed by atoms with Gasteiger partial charge in [-0.3, -0.25) is 9.36 Å². The molecule has 10 heteroatoms. The number of thiazole rings is 1. The molecule has 0 fully saturated rings. The van der Waals surface area contributed by atoms with E-state index in [1.165, 1.54) is 29.2 Å². The predicted octanol–water partition coefficient (Wildman–Crippen LogP) is 2.83. The number of nitrogens with zero attached hydrogens (tertiary/aromatic N) is 2. The van der Waals surface area contributed by atoms with Crippen LogP contribution in [0.4, 0.5) is 0 Å². The fourth-order valence-electron chi connectivity index (χ4n) is 4.07. The van der Waals surface area contributed by atoms with Crippen molar-refractivity contribution in [3.63, 3.8) is 0 Å². The molecular weight excluding hydrogens is 496 g/mol. The second kappa shape index (κ2) is 11.3. The van der Waals surface area contributed by atoms with Gasteiger partial charge in [0.25, 0.3) is 5.56 Å². The van der Waals surface area contributed by atoms with Crippen LogP contribution in [0.2, 0.25) is 0 Å². The van der Waals surface area contributed by atoms with Crippen molar-refractivity contribution in [2.45, 2.75) is 19.9 Å². The molecular formula is C27H28N2O7S. The van der Waals surface area contributed by atoms with Crippen LogP contribution in [0.15, 0.2) is 58.0 Å². The van der Waals surface area contributed by atoms with Crippen LogP contribution >= 0.6 is 11.3 Å². The lowest BCUT2D eigenvalue weighted by molar-refractivity contribution is -0.136. The summed E-state index contributed by atoms with van der Waals surface area (Å²) in [5.41, 5.74) is 1.30. The van der Waals surface area contributed by atoms with Gasteiger partial charge in [0.1, 0.15) is 11.5 Å². The first-order valence-corrected chi connectivity index (χ1v) is 12.5. The van der Waals surface area contributed by atoms with E-state index in [2.05, 4.69) is 4.99 Å². The number of esters is 1. The molecule has 0 aliphatic carbocycles. The van der Waals surface area contributed by atoms with Gasteiger partial charge in [-0.25, -0.2) is 9.79 Å². The first-order chi connectivity index (χ1) is 17.9. The van der Waals surface area contributed by atoms with Crippen molar-refractivity contribution in [1.29, 1.82) is 0 Å². The summed E-state index contributed by atoms with van der Waals surface area (Å²) in [6.07, 6.45) is 3.20. The van der Waals surface area contributed by atoms with Crippen LogP contribution in [0.5, 0.6) is 23.0 Å². The Kier molecular flexibility index (Phi) is 7.98. The number of methoxy groups -OCH3 is 3. The molecule has 194 valence electrons. The fraction of sp³-hybridized carbons (Fsp3) is 0.296. The average molecular weight is 525 g/mol. The number of carbonyl (C=O) groups is 1. The molecule has 0 saturated carbocycles. The van der Waals surface area contributed by atoms with Crippen LogP contribution in [0, 0.1) is 0 Å². The van der Waals surface area contributed by atoms with E-state index >= 15 is 0 Å². The van der Waals surface area contributed by atoms with Gasteiger partial charge in [0.15, 0.2) is 16.3 Å². The zero-order valence-corrected chi connectivity index (χ0v) is 22.1. The van der Waals surface area contributed by atoms with Crippen molar-refractivity contribution in [2.75, 3.05) is 34.5 Å². The average Bonchev–Trinajstić information content (AvgIpc) is 3.24. The highest BCUT2D eigenvalue weighted by molar-refractivity contribution is 7.07. The minimum Gasteiger partial charge on any atom is -0.497 e. The van der Waals surface area contributed by atoms with Gasteiger partial charge < -0.3 is 23.7 Å². The standard InChI is InChI=1S/C27H28N2O7S/c1-6-35-20-11-9-17(12-22(20)36-7-2)24-19(26(31)34-5)15-28-27-29(24)25(30)23(37-27)13-16-8-10-18(32-3)14-21(16)33-4/h8-15,24H,6-7H2,1-5H3/b23-13-/t24-/m1/s1. The van der Waals surface area contributed by atoms with Gasteiger partial charge in [-0.05, 0) is 49.8 Å². The molecule has 1 atom stereocenters. The van der Waals surface area contributed by atoms with Crippen LogP contribution < -0.4 is 33.8 Å². The summed E-state index contributed by atoms with van der Waals surface area (Å²) in [6, 6.07) is 9.95. The van der Waals surface area contributed by atoms with E-state index in [4.69, 9.17) is 23.7 Å². The highest BCUT2D eigenvalue weighted by Gasteiger charge is 2.31. The van der Waals surface area contributed by atoms with Crippen LogP contribution in [-0.2, 0) is 9.53 Å². The molecule has 1 aliphatic heterocycles. The fourth-order valence-corrected chi connectivity index (χ4v) is 5.03. The lowest BCUT2D eigenvalue weighted by Crippen LogP contribution is -2.39. The van der Waals surface area contributed by atoms with Crippen LogP contribution in [0.25, 0.3) is 6.08 Å². The van der Waals surface area contributed by atoms with Crippen molar-refractivity contribution in [3.8, 4) is 23.0 Å². The summed E-state index contributed by atoms with van der Waals surface area (Å²) in [6.45, 7) is 4.66. The third-order valence-corrected chi connectivity index (χ3v) is 6.73. The number of carbonyl (C=O) groups excluding carboxylic acids is 1. The summed E-state index contributed by atoms with van der Waals surface area (Å²) < 4.78 is 29.2. The van der Waals surface area contributed by atoms with E-state index in [0.29, 0.717) is 56.7 Å². The lowest BCUT2D eigenvalue weighted by Gasteiger charge is -2.23. The Labute approximate surface area is 217 Å². The SMILES string of the molecule is CCOc1ccc([C@@H]2C(C(=O)OC)=CN=c3s/c(=C\c4ccc(OC)cc4OC)c(=O)n32)cc1OCC. The Morgan fingerprint density at radius 3 is 2.43 bits per heavy atom. The zero-order chi connectivity index (χ0) is 26.5. The van der Waals surface area contributed by atoms with Crippen molar-refractivity contribution in [2.24, 2.45) is 4.99 Å². The first kappa shape index (κ1) is 26.0. The van der Waals surface area contributed by atoms with Gasteiger partial charge >= 0.3 is 5.97 Å². The Morgan fingerprint density at radius 2 is 1.76 bits per heavy atom. The third-order valence-electron chi connectivity index (χ3n) is 5.74. The number of hydrogen-bond donors (Lipinski definition) is 0. The zero-order valence-electron chi connectivity index (χ0n) is 21.3. The molecule has 1 aliphatic rings. The second-order valence-electron chi connectivity index (χ2n) is 7.86. The number of rotatable bonds is 9. The Hall–Kier alpha value is -4.05. The van der Waals surface area contributed by atoms with Crippen LogP contribution in [-0.4, -0.2) is 45.1 Å². The van der Waals surface area contributed by atoms with E-state index < -0.39 is 12.0 Å². The molecule has 0 spiro atoms. The monoisotopic (exact) mass is 524 g/mol. The van der Waals surface area contributed by atoms with Crippen molar-refractivity contribution in [3.05, 3.63) is 79.0 Å². The molecule has 0 unspecified atom stereocenters. The Balaban J connectivity index is 1.91. The second-order valence-corrected chi connectivity index (χ2v) is 8.87. The molecule has 0 saturated heterocycles. The summed E-state index contributed by atoms with van der Waals surface area (Å²) in [7, 11) is 4.42. The molecule has 0 amide bonds. The van der Waals surface area contributed by atoms with Gasteiger partial charge in [-0.2, -0.15) is 0 Å². The maximum Gasteiger partial charge on any atom is 0.337 e. The van der Waals surface area contributed by atoms with E-state index in [0.717, 1.165) is 0 Å². The van der Waals surface area contributed by atoms with E-state index in [1.54, 1.807) is 44.6 Å². The highest BCUT2D eigenvalue weighted by Crippen LogP contribution is 2.35. The number of hydrogen-bond acceptors (Lipinski definition) is 9. The van der Waals surface area contributed by atoms with Crippen molar-refractivity contribution < 1.29 is 28.5 Å². The summed E-state index contributed by atoms with van der Waals surface area (Å²) in [4.78, 5) is 31.3. The number of fused-ring (bicyclic) bond motifs is 1. The Bertz CT molecular complexity index is 1520. The maximum absolute atomic E-state index is 13.7. The smallest absolute Gasteiger partial charge is 0.337 e. The van der Waals surface area contributed by atoms with Gasteiger partial charge in [-0.1, -0.05) is 17.4 Å². The molecule has 4 rings (SSSR count).